The van der Waals surface area contributed by atoms with E-state index in [9.17, 15) is 9.59 Å². The molecule has 0 aliphatic rings. The van der Waals surface area contributed by atoms with Crippen LogP contribution in [0.4, 0.5) is 4.79 Å². The number of ether oxygens (including phenoxy) is 2. The Morgan fingerprint density at radius 3 is 2.05 bits per heavy atom. The smallest absolute Gasteiger partial charge is 0.326 e. The van der Waals surface area contributed by atoms with E-state index in [4.69, 9.17) is 19.7 Å². The Kier molecular flexibility index (Phi) is 11.6. The van der Waals surface area contributed by atoms with E-state index in [1.54, 1.807) is 0 Å². The highest BCUT2D eigenvalue weighted by Crippen LogP contribution is 1.97. The zero-order valence-corrected chi connectivity index (χ0v) is 12.7. The van der Waals surface area contributed by atoms with E-state index in [2.05, 4.69) is 5.32 Å². The summed E-state index contributed by atoms with van der Waals surface area (Å²) in [6, 6.07) is -1.61. The summed E-state index contributed by atoms with van der Waals surface area (Å²) in [7, 11) is 0. The van der Waals surface area contributed by atoms with Crippen LogP contribution in [-0.2, 0) is 14.3 Å². The maximum atomic E-state index is 12.1. The Morgan fingerprint density at radius 2 is 1.67 bits per heavy atom. The first kappa shape index (κ1) is 19.6. The average molecular weight is 306 g/mol. The number of carbonyl (C=O) groups excluding carboxylic acids is 1. The van der Waals surface area contributed by atoms with E-state index >= 15 is 0 Å². The maximum Gasteiger partial charge on any atom is 0.326 e. The average Bonchev–Trinajstić information content (AvgIpc) is 2.45. The van der Waals surface area contributed by atoms with Crippen LogP contribution in [0.2, 0.25) is 0 Å². The summed E-state index contributed by atoms with van der Waals surface area (Å²) >= 11 is 0. The second-order valence-corrected chi connectivity index (χ2v) is 4.23. The third-order valence-corrected chi connectivity index (χ3v) is 2.72. The van der Waals surface area contributed by atoms with Crippen molar-refractivity contribution in [1.29, 1.82) is 0 Å². The Hall–Kier alpha value is -1.38. The molecule has 0 heterocycles. The molecule has 0 aliphatic carbocycles. The Bertz CT molecular complexity index is 290. The van der Waals surface area contributed by atoms with E-state index in [1.807, 2.05) is 13.8 Å². The summed E-state index contributed by atoms with van der Waals surface area (Å²) in [5.41, 5.74) is 0. The molecule has 21 heavy (non-hydrogen) atoms. The molecule has 0 spiro atoms. The molecule has 8 nitrogen and oxygen atoms in total. The van der Waals surface area contributed by atoms with Crippen molar-refractivity contribution in [1.82, 2.24) is 10.2 Å². The third-order valence-electron chi connectivity index (χ3n) is 2.72. The van der Waals surface area contributed by atoms with Gasteiger partial charge in [-0.25, -0.2) is 9.59 Å². The zero-order valence-electron chi connectivity index (χ0n) is 12.7. The fourth-order valence-corrected chi connectivity index (χ4v) is 1.58. The number of carbonyl (C=O) groups is 2. The first-order valence-corrected chi connectivity index (χ1v) is 7.11. The van der Waals surface area contributed by atoms with Crippen molar-refractivity contribution in [2.24, 2.45) is 0 Å². The summed E-state index contributed by atoms with van der Waals surface area (Å²) in [5.74, 6) is -1.17. The zero-order chi connectivity index (χ0) is 16.1. The normalized spacial score (nSPS) is 12.0. The molecule has 0 aromatic rings. The number of amides is 2. The second kappa shape index (κ2) is 12.4. The van der Waals surface area contributed by atoms with E-state index in [0.717, 1.165) is 0 Å². The van der Waals surface area contributed by atoms with Gasteiger partial charge in [0.05, 0.1) is 13.2 Å². The lowest BCUT2D eigenvalue weighted by Gasteiger charge is -2.25. The van der Waals surface area contributed by atoms with Crippen molar-refractivity contribution in [3.8, 4) is 0 Å². The summed E-state index contributed by atoms with van der Waals surface area (Å²) < 4.78 is 10.4. The van der Waals surface area contributed by atoms with Gasteiger partial charge in [-0.2, -0.15) is 0 Å². The molecule has 0 aliphatic heterocycles. The highest BCUT2D eigenvalue weighted by Gasteiger charge is 2.22. The number of aliphatic carboxylic acids is 1. The number of aliphatic hydroxyl groups excluding tert-OH is 1. The van der Waals surface area contributed by atoms with Crippen molar-refractivity contribution in [3.63, 3.8) is 0 Å². The van der Waals surface area contributed by atoms with Crippen molar-refractivity contribution in [2.75, 3.05) is 46.1 Å². The van der Waals surface area contributed by atoms with Crippen LogP contribution in [0.25, 0.3) is 0 Å². The van der Waals surface area contributed by atoms with Gasteiger partial charge < -0.3 is 29.9 Å². The van der Waals surface area contributed by atoms with Crippen LogP contribution >= 0.6 is 0 Å². The van der Waals surface area contributed by atoms with Crippen LogP contribution in [0.5, 0.6) is 0 Å². The molecule has 3 N–H and O–H groups in total. The molecule has 0 rings (SSSR count). The summed E-state index contributed by atoms with van der Waals surface area (Å²) in [4.78, 5) is 24.5. The van der Waals surface area contributed by atoms with Gasteiger partial charge >= 0.3 is 12.0 Å². The van der Waals surface area contributed by atoms with Gasteiger partial charge in [0.2, 0.25) is 0 Å². The second-order valence-electron chi connectivity index (χ2n) is 4.23. The number of nitrogens with one attached hydrogen (secondary N) is 1. The minimum Gasteiger partial charge on any atom is -0.480 e. The minimum absolute atomic E-state index is 0.0359. The van der Waals surface area contributed by atoms with Crippen LogP contribution < -0.4 is 5.32 Å². The highest BCUT2D eigenvalue weighted by atomic mass is 16.5. The Morgan fingerprint density at radius 1 is 1.14 bits per heavy atom. The van der Waals surface area contributed by atoms with Gasteiger partial charge in [0.25, 0.3) is 0 Å². The Balaban J connectivity index is 4.47. The number of hydrogen-bond acceptors (Lipinski definition) is 5. The largest absolute Gasteiger partial charge is 0.480 e. The topological polar surface area (TPSA) is 108 Å². The van der Waals surface area contributed by atoms with Gasteiger partial charge in [0, 0.05) is 39.3 Å². The lowest BCUT2D eigenvalue weighted by atomic mass is 10.2. The molecule has 1 atom stereocenters. The van der Waals surface area contributed by atoms with E-state index < -0.39 is 18.0 Å². The number of hydrogen-bond donors (Lipinski definition) is 3. The lowest BCUT2D eigenvalue weighted by Crippen LogP contribution is -2.50. The summed E-state index contributed by atoms with van der Waals surface area (Å²) in [6.07, 6.45) is -0.0359. The molecule has 0 aromatic heterocycles. The predicted molar refractivity (Wildman–Crippen MR) is 76.2 cm³/mol. The molecular weight excluding hydrogens is 280 g/mol. The SMILES string of the molecule is CCOCCN(CCOCC)C(=O)N[C@H](CCO)C(=O)O. The Labute approximate surface area is 125 Å². The van der Waals surface area contributed by atoms with E-state index in [-0.39, 0.29) is 13.0 Å². The van der Waals surface area contributed by atoms with Crippen LogP contribution in [0.3, 0.4) is 0 Å². The maximum absolute atomic E-state index is 12.1. The molecule has 0 saturated carbocycles. The third kappa shape index (κ3) is 9.22. The van der Waals surface area contributed by atoms with Gasteiger partial charge in [-0.05, 0) is 13.8 Å². The molecule has 0 aromatic carbocycles. The van der Waals surface area contributed by atoms with Crippen LogP contribution in [0.15, 0.2) is 0 Å². The fraction of sp³-hybridized carbons (Fsp3) is 0.846. The van der Waals surface area contributed by atoms with E-state index in [0.29, 0.717) is 39.5 Å². The highest BCUT2D eigenvalue weighted by molar-refractivity contribution is 5.82. The van der Waals surface area contributed by atoms with Crippen molar-refractivity contribution in [2.45, 2.75) is 26.3 Å². The van der Waals surface area contributed by atoms with Crippen molar-refractivity contribution < 1.29 is 29.3 Å². The quantitative estimate of drug-likeness (QED) is 0.435. The molecule has 0 saturated heterocycles. The molecule has 0 radical (unpaired) electrons. The summed E-state index contributed by atoms with van der Waals surface area (Å²) in [5, 5.41) is 20.2. The number of carboxylic acids is 1. The van der Waals surface area contributed by atoms with Crippen LogP contribution in [0.1, 0.15) is 20.3 Å². The molecule has 124 valence electrons. The van der Waals surface area contributed by atoms with Gasteiger partial charge in [0.15, 0.2) is 0 Å². The first-order chi connectivity index (χ1) is 10.1. The van der Waals surface area contributed by atoms with Gasteiger partial charge in [-0.1, -0.05) is 0 Å². The van der Waals surface area contributed by atoms with Gasteiger partial charge in [-0.3, -0.25) is 0 Å². The number of carboxylic acid groups (broad SMARTS) is 1. The molecule has 8 heteroatoms. The van der Waals surface area contributed by atoms with Gasteiger partial charge in [0.1, 0.15) is 6.04 Å². The first-order valence-electron chi connectivity index (χ1n) is 7.11. The molecular formula is C13H26N2O6. The van der Waals surface area contributed by atoms with Crippen molar-refractivity contribution in [3.05, 3.63) is 0 Å². The number of nitrogens with zero attached hydrogens (tertiary/aromatic N) is 1. The molecule has 2 amide bonds. The lowest BCUT2D eigenvalue weighted by molar-refractivity contribution is -0.139. The number of aliphatic hydroxyl groups is 1. The molecule has 0 bridgehead atoms. The van der Waals surface area contributed by atoms with Gasteiger partial charge in [-0.15, -0.1) is 0 Å². The number of rotatable bonds is 12. The molecule has 0 fully saturated rings. The van der Waals surface area contributed by atoms with Crippen LogP contribution in [0, 0.1) is 0 Å². The predicted octanol–water partition coefficient (Wildman–Crippen LogP) is -0.0934. The summed E-state index contributed by atoms with van der Waals surface area (Å²) in [6.45, 7) is 5.91. The van der Waals surface area contributed by atoms with E-state index in [1.165, 1.54) is 4.90 Å². The molecule has 0 unspecified atom stereocenters. The standard InChI is InChI=1S/C13H26N2O6/c1-3-20-9-6-15(7-10-21-4-2)13(19)14-11(5-8-16)12(17)18/h11,16H,3-10H2,1-2H3,(H,14,19)(H,17,18)/t11-/m1/s1. The van der Waals surface area contributed by atoms with Crippen molar-refractivity contribution >= 4 is 12.0 Å². The fourth-order valence-electron chi connectivity index (χ4n) is 1.58. The number of urea groups is 1. The van der Waals surface area contributed by atoms with Crippen LogP contribution in [-0.4, -0.2) is 79.3 Å². The monoisotopic (exact) mass is 306 g/mol. The minimum atomic E-state index is -1.17.